The predicted octanol–water partition coefficient (Wildman–Crippen LogP) is 2.84. The van der Waals surface area contributed by atoms with Crippen molar-refractivity contribution >= 4 is 12.0 Å². The van der Waals surface area contributed by atoms with Gasteiger partial charge < -0.3 is 15.7 Å². The Balaban J connectivity index is 2.08. The molecule has 1 heterocycles. The number of rotatable bonds is 6. The van der Waals surface area contributed by atoms with Crippen LogP contribution in [0.4, 0.5) is 18.0 Å². The molecule has 0 aliphatic carbocycles. The molecule has 1 atom stereocenters. The van der Waals surface area contributed by atoms with Gasteiger partial charge in [0.15, 0.2) is 6.04 Å². The van der Waals surface area contributed by atoms with E-state index in [0.717, 1.165) is 17.8 Å². The van der Waals surface area contributed by atoms with Crippen molar-refractivity contribution in [1.82, 2.24) is 20.4 Å². The number of carboxylic acids is 1. The van der Waals surface area contributed by atoms with Crippen molar-refractivity contribution in [2.24, 2.45) is 7.05 Å². The summed E-state index contributed by atoms with van der Waals surface area (Å²) in [6, 6.07) is 3.20. The summed E-state index contributed by atoms with van der Waals surface area (Å²) >= 11 is 0. The molecule has 2 amide bonds. The van der Waals surface area contributed by atoms with Crippen LogP contribution in [0.1, 0.15) is 36.7 Å². The van der Waals surface area contributed by atoms with Gasteiger partial charge in [0.2, 0.25) is 0 Å². The van der Waals surface area contributed by atoms with Crippen LogP contribution >= 0.6 is 0 Å². The van der Waals surface area contributed by atoms with Crippen LogP contribution in [-0.2, 0) is 23.4 Å². The Hall–Kier alpha value is -3.04. The number of alkyl halides is 3. The second-order valence-electron chi connectivity index (χ2n) is 6.98. The van der Waals surface area contributed by atoms with Gasteiger partial charge in [0.05, 0.1) is 11.3 Å². The van der Waals surface area contributed by atoms with Gasteiger partial charge in [-0.3, -0.25) is 4.68 Å². The summed E-state index contributed by atoms with van der Waals surface area (Å²) in [4.78, 5) is 23.6. The molecule has 2 aromatic rings. The maximum atomic E-state index is 12.9. The summed E-state index contributed by atoms with van der Waals surface area (Å²) in [6.45, 7) is 3.83. The number of aliphatic carboxylic acids is 1. The number of carbonyl (C=O) groups excluding carboxylic acids is 1. The molecule has 0 radical (unpaired) electrons. The monoisotopic (exact) mass is 398 g/mol. The lowest BCUT2D eigenvalue weighted by molar-refractivity contribution is -0.140. The molecule has 7 nitrogen and oxygen atoms in total. The number of aryl methyl sites for hydroxylation is 1. The molecule has 0 bridgehead atoms. The first-order valence-electron chi connectivity index (χ1n) is 8.34. The van der Waals surface area contributed by atoms with Crippen LogP contribution in [0.25, 0.3) is 0 Å². The number of halogens is 3. The van der Waals surface area contributed by atoms with Crippen molar-refractivity contribution in [2.45, 2.75) is 31.5 Å². The van der Waals surface area contributed by atoms with E-state index in [-0.39, 0.29) is 12.1 Å². The Morgan fingerprint density at radius 2 is 1.93 bits per heavy atom. The van der Waals surface area contributed by atoms with E-state index < -0.39 is 35.2 Å². The zero-order valence-electron chi connectivity index (χ0n) is 15.5. The number of carboxylic acid groups (broad SMARTS) is 1. The molecule has 1 unspecified atom stereocenters. The van der Waals surface area contributed by atoms with E-state index in [2.05, 4.69) is 15.7 Å². The Kier molecular flexibility index (Phi) is 6.01. The van der Waals surface area contributed by atoms with Gasteiger partial charge in [0.1, 0.15) is 0 Å². The Labute approximate surface area is 159 Å². The molecule has 10 heteroatoms. The number of nitrogens with one attached hydrogen (secondary N) is 2. The highest BCUT2D eigenvalue weighted by molar-refractivity contribution is 5.83. The van der Waals surface area contributed by atoms with Crippen molar-refractivity contribution in [3.8, 4) is 0 Å². The van der Waals surface area contributed by atoms with Gasteiger partial charge >= 0.3 is 18.2 Å². The fraction of sp³-hybridized carbons (Fsp3) is 0.389. The van der Waals surface area contributed by atoms with E-state index in [0.29, 0.717) is 6.07 Å². The summed E-state index contributed by atoms with van der Waals surface area (Å²) in [7, 11) is 1.76. The molecule has 2 rings (SSSR count). The Morgan fingerprint density at radius 1 is 1.25 bits per heavy atom. The molecular formula is C18H21F3N4O3. The third-order valence-electron chi connectivity index (χ3n) is 4.17. The molecule has 1 aromatic carbocycles. The third-order valence-corrected chi connectivity index (χ3v) is 4.17. The van der Waals surface area contributed by atoms with Crippen LogP contribution in [0.3, 0.4) is 0 Å². The van der Waals surface area contributed by atoms with E-state index in [1.54, 1.807) is 24.0 Å². The molecule has 1 aromatic heterocycles. The van der Waals surface area contributed by atoms with Gasteiger partial charge in [0.25, 0.3) is 0 Å². The summed E-state index contributed by atoms with van der Waals surface area (Å²) < 4.78 is 40.2. The lowest BCUT2D eigenvalue weighted by atomic mass is 9.89. The Bertz CT molecular complexity index is 862. The predicted molar refractivity (Wildman–Crippen MR) is 94.6 cm³/mol. The average molecular weight is 398 g/mol. The molecule has 152 valence electrons. The number of nitrogens with zero attached hydrogens (tertiary/aromatic N) is 2. The van der Waals surface area contributed by atoms with Crippen molar-refractivity contribution in [3.63, 3.8) is 0 Å². The maximum absolute atomic E-state index is 12.9. The number of aromatic nitrogens is 2. The molecule has 3 N–H and O–H groups in total. The number of carbonyl (C=O) groups is 2. The summed E-state index contributed by atoms with van der Waals surface area (Å²) in [6.07, 6.45) is -2.86. The quantitative estimate of drug-likeness (QED) is 0.697. The molecule has 0 aliphatic rings. The van der Waals surface area contributed by atoms with Gasteiger partial charge in [0, 0.05) is 25.2 Å². The highest BCUT2D eigenvalue weighted by Crippen LogP contribution is 2.30. The van der Waals surface area contributed by atoms with Gasteiger partial charge in [-0.05, 0) is 23.8 Å². The van der Waals surface area contributed by atoms with Crippen molar-refractivity contribution in [1.29, 1.82) is 0 Å². The largest absolute Gasteiger partial charge is 0.479 e. The van der Waals surface area contributed by atoms with E-state index in [4.69, 9.17) is 0 Å². The molecule has 0 aliphatic heterocycles. The molecule has 0 saturated heterocycles. The second-order valence-corrected chi connectivity index (χ2v) is 6.98. The number of urea groups is 1. The lowest BCUT2D eigenvalue weighted by Gasteiger charge is -2.24. The maximum Gasteiger partial charge on any atom is 0.416 e. The number of benzene rings is 1. The number of amides is 2. The molecular weight excluding hydrogens is 377 g/mol. The minimum Gasteiger partial charge on any atom is -0.479 e. The fourth-order valence-corrected chi connectivity index (χ4v) is 2.53. The third kappa shape index (κ3) is 5.24. The van der Waals surface area contributed by atoms with Gasteiger partial charge in [-0.2, -0.15) is 18.3 Å². The summed E-state index contributed by atoms with van der Waals surface area (Å²) in [5, 5.41) is 18.4. The molecule has 0 saturated carbocycles. The van der Waals surface area contributed by atoms with Crippen LogP contribution in [0.5, 0.6) is 0 Å². The lowest BCUT2D eigenvalue weighted by Crippen LogP contribution is -2.45. The van der Waals surface area contributed by atoms with E-state index in [9.17, 15) is 27.9 Å². The molecule has 28 heavy (non-hydrogen) atoms. The standard InChI is InChI=1S/C18H21F3N4O3/c1-17(2,13-7-8-25(3)24-13)10-22-16(28)23-14(15(26)27)11-5-4-6-12(9-11)18(19,20)21/h4-9,14H,10H2,1-3H3,(H,26,27)(H2,22,23,28). The Morgan fingerprint density at radius 3 is 2.46 bits per heavy atom. The van der Waals surface area contributed by atoms with Crippen LogP contribution in [0, 0.1) is 0 Å². The SMILES string of the molecule is Cn1ccc(C(C)(C)CNC(=O)NC(C(=O)O)c2cccc(C(F)(F)F)c2)n1. The molecule has 0 fully saturated rings. The highest BCUT2D eigenvalue weighted by Gasteiger charge is 2.32. The van der Waals surface area contributed by atoms with E-state index in [1.165, 1.54) is 6.07 Å². The van der Waals surface area contributed by atoms with E-state index >= 15 is 0 Å². The first-order valence-corrected chi connectivity index (χ1v) is 8.34. The zero-order chi connectivity index (χ0) is 21.1. The van der Waals surface area contributed by atoms with Crippen LogP contribution in [-0.4, -0.2) is 33.4 Å². The van der Waals surface area contributed by atoms with E-state index in [1.807, 2.05) is 13.8 Å². The first kappa shape index (κ1) is 21.3. The van der Waals surface area contributed by atoms with Crippen molar-refractivity contribution in [2.75, 3.05) is 6.54 Å². The van der Waals surface area contributed by atoms with Crippen LogP contribution in [0.15, 0.2) is 36.5 Å². The second kappa shape index (κ2) is 7.91. The minimum absolute atomic E-state index is 0.144. The highest BCUT2D eigenvalue weighted by atomic mass is 19.4. The summed E-state index contributed by atoms with van der Waals surface area (Å²) in [5.41, 5.74) is -0.979. The van der Waals surface area contributed by atoms with Crippen molar-refractivity contribution < 1.29 is 27.9 Å². The van der Waals surface area contributed by atoms with Crippen LogP contribution in [0.2, 0.25) is 0 Å². The molecule has 0 spiro atoms. The first-order chi connectivity index (χ1) is 12.9. The normalized spacial score (nSPS) is 13.1. The minimum atomic E-state index is -4.62. The van der Waals surface area contributed by atoms with Gasteiger partial charge in [-0.25, -0.2) is 9.59 Å². The topological polar surface area (TPSA) is 96.2 Å². The zero-order valence-corrected chi connectivity index (χ0v) is 15.5. The number of hydrogen-bond donors (Lipinski definition) is 3. The fourth-order valence-electron chi connectivity index (χ4n) is 2.53. The van der Waals surface area contributed by atoms with Gasteiger partial charge in [-0.15, -0.1) is 0 Å². The number of hydrogen-bond acceptors (Lipinski definition) is 3. The van der Waals surface area contributed by atoms with Crippen molar-refractivity contribution in [3.05, 3.63) is 53.3 Å². The van der Waals surface area contributed by atoms with Crippen LogP contribution < -0.4 is 10.6 Å². The summed E-state index contributed by atoms with van der Waals surface area (Å²) in [5.74, 6) is -1.47. The smallest absolute Gasteiger partial charge is 0.416 e. The van der Waals surface area contributed by atoms with Gasteiger partial charge in [-0.1, -0.05) is 26.0 Å². The average Bonchev–Trinajstić information content (AvgIpc) is 3.04.